The third-order valence-electron chi connectivity index (χ3n) is 13.0. The Labute approximate surface area is 428 Å². The molecular weight excluding hydrogens is 876 g/mol. The zero-order valence-corrected chi connectivity index (χ0v) is 46.9. The lowest BCUT2D eigenvalue weighted by molar-refractivity contribution is -0.870. The first-order valence-corrected chi connectivity index (χ1v) is 30.6. The second-order valence-electron chi connectivity index (χ2n) is 21.0. The van der Waals surface area contributed by atoms with E-state index < -0.39 is 20.0 Å². The predicted molar refractivity (Wildman–Crippen MR) is 297 cm³/mol. The third kappa shape index (κ3) is 53.8. The summed E-state index contributed by atoms with van der Waals surface area (Å²) in [5.41, 5.74) is 0. The number of unbranched alkanes of at least 4 members (excludes halogenated alkanes) is 32. The van der Waals surface area contributed by atoms with E-state index in [0.29, 0.717) is 17.4 Å². The number of carbonyl (C=O) groups excluding carboxylic acids is 1. The highest BCUT2D eigenvalue weighted by atomic mass is 31.2. The van der Waals surface area contributed by atoms with E-state index >= 15 is 0 Å². The first kappa shape index (κ1) is 67.2. The van der Waals surface area contributed by atoms with E-state index in [4.69, 9.17) is 9.05 Å². The Bertz CT molecular complexity index is 1310. The number of nitrogens with one attached hydrogen (secondary N) is 1. The van der Waals surface area contributed by atoms with E-state index in [1.165, 1.54) is 180 Å². The van der Waals surface area contributed by atoms with Crippen molar-refractivity contribution in [1.82, 2.24) is 5.32 Å². The second kappa shape index (κ2) is 51.1. The van der Waals surface area contributed by atoms with Gasteiger partial charge in [-0.05, 0) is 57.8 Å². The van der Waals surface area contributed by atoms with Crippen molar-refractivity contribution in [3.05, 3.63) is 60.8 Å². The molecule has 3 atom stereocenters. The van der Waals surface area contributed by atoms with Gasteiger partial charge in [-0.2, -0.15) is 0 Å². The summed E-state index contributed by atoms with van der Waals surface area (Å²) in [6, 6.07) is -0.886. The van der Waals surface area contributed by atoms with Gasteiger partial charge in [-0.1, -0.05) is 261 Å². The molecule has 0 aromatic heterocycles. The summed E-state index contributed by atoms with van der Waals surface area (Å²) in [5.74, 6) is -0.195. The van der Waals surface area contributed by atoms with Crippen LogP contribution in [0.1, 0.15) is 264 Å². The molecule has 0 bridgehead atoms. The Hall–Kier alpha value is -1.80. The summed E-state index contributed by atoms with van der Waals surface area (Å²) in [5, 5.41) is 13.9. The van der Waals surface area contributed by atoms with Crippen molar-refractivity contribution >= 4 is 13.7 Å². The average Bonchev–Trinajstić information content (AvgIpc) is 3.31. The zero-order valence-electron chi connectivity index (χ0n) is 46.0. The van der Waals surface area contributed by atoms with Crippen LogP contribution in [0.3, 0.4) is 0 Å². The highest BCUT2D eigenvalue weighted by Gasteiger charge is 2.23. The molecule has 0 radical (unpaired) electrons. The van der Waals surface area contributed by atoms with Crippen molar-refractivity contribution < 1.29 is 32.9 Å². The number of hydrogen-bond acceptors (Lipinski definition) is 6. The topological polar surface area (TPSA) is 108 Å². The van der Waals surface area contributed by atoms with Crippen LogP contribution in [0.15, 0.2) is 60.8 Å². The van der Waals surface area contributed by atoms with E-state index in [-0.39, 0.29) is 19.1 Å². The Balaban J connectivity index is 4.02. The maximum atomic E-state index is 12.9. The van der Waals surface area contributed by atoms with Crippen LogP contribution in [0.5, 0.6) is 0 Å². The quantitative estimate of drug-likeness (QED) is 0.0272. The fraction of sp³-hybridized carbons (Fsp3) is 0.817. The van der Waals surface area contributed by atoms with Crippen LogP contribution in [0.25, 0.3) is 0 Å². The maximum Gasteiger partial charge on any atom is 0.268 e. The van der Waals surface area contributed by atoms with Crippen molar-refractivity contribution in [2.45, 2.75) is 276 Å². The summed E-state index contributed by atoms with van der Waals surface area (Å²) in [4.78, 5) is 25.5. The molecule has 0 saturated carbocycles. The van der Waals surface area contributed by atoms with Crippen molar-refractivity contribution in [3.8, 4) is 0 Å². The summed E-state index contributed by atoms with van der Waals surface area (Å²) in [6.45, 7) is 4.55. The fourth-order valence-electron chi connectivity index (χ4n) is 8.44. The van der Waals surface area contributed by atoms with Gasteiger partial charge in [0.25, 0.3) is 7.82 Å². The molecule has 0 rings (SSSR count). The molecule has 0 aromatic rings. The number of aliphatic hydroxyl groups excluding tert-OH is 1. The van der Waals surface area contributed by atoms with Crippen LogP contribution in [0.2, 0.25) is 0 Å². The second-order valence-corrected chi connectivity index (χ2v) is 22.4. The minimum absolute atomic E-state index is 0.000656. The summed E-state index contributed by atoms with van der Waals surface area (Å²) in [7, 11) is 1.27. The van der Waals surface area contributed by atoms with E-state index in [0.717, 1.165) is 64.2 Å². The smallest absolute Gasteiger partial charge is 0.268 e. The molecule has 0 spiro atoms. The molecule has 0 saturated heterocycles. The largest absolute Gasteiger partial charge is 0.756 e. The monoisotopic (exact) mass is 989 g/mol. The lowest BCUT2D eigenvalue weighted by atomic mass is 10.0. The SMILES string of the molecule is CC/C=C\C/C=C\C/C=C\C/C=C\CCCCCCCCCCCCCCCCCCCCCCC(=O)NC(COP(=O)([O-])OCC[N+](C)(C)C)C(O)/C=C/CCCCCCCCCCCCCC. The van der Waals surface area contributed by atoms with Gasteiger partial charge in [0, 0.05) is 6.42 Å². The normalized spacial score (nSPS) is 14.4. The Morgan fingerprint density at radius 1 is 0.522 bits per heavy atom. The average molecular weight is 990 g/mol. The van der Waals surface area contributed by atoms with Crippen LogP contribution >= 0.6 is 7.82 Å². The number of carbonyl (C=O) groups is 1. The fourth-order valence-corrected chi connectivity index (χ4v) is 9.16. The van der Waals surface area contributed by atoms with Crippen LogP contribution in [0, 0.1) is 0 Å². The molecule has 0 aliphatic rings. The van der Waals surface area contributed by atoms with Crippen LogP contribution in [0.4, 0.5) is 0 Å². The highest BCUT2D eigenvalue weighted by molar-refractivity contribution is 7.45. The molecule has 3 unspecified atom stereocenters. The number of quaternary nitrogens is 1. The van der Waals surface area contributed by atoms with Crippen molar-refractivity contribution in [2.24, 2.45) is 0 Å². The summed E-state index contributed by atoms with van der Waals surface area (Å²) in [6.07, 6.45) is 68.8. The Morgan fingerprint density at radius 3 is 1.29 bits per heavy atom. The summed E-state index contributed by atoms with van der Waals surface area (Å²) >= 11 is 0. The van der Waals surface area contributed by atoms with Crippen LogP contribution in [-0.2, 0) is 18.4 Å². The molecule has 1 amide bonds. The highest BCUT2D eigenvalue weighted by Crippen LogP contribution is 2.38. The van der Waals surface area contributed by atoms with Gasteiger partial charge >= 0.3 is 0 Å². The van der Waals surface area contributed by atoms with E-state index in [1.807, 2.05) is 27.2 Å². The predicted octanol–water partition coefficient (Wildman–Crippen LogP) is 17.1. The van der Waals surface area contributed by atoms with E-state index in [2.05, 4.69) is 67.8 Å². The molecule has 404 valence electrons. The number of amides is 1. The zero-order chi connectivity index (χ0) is 50.6. The molecule has 69 heavy (non-hydrogen) atoms. The van der Waals surface area contributed by atoms with Gasteiger partial charge in [-0.3, -0.25) is 9.36 Å². The van der Waals surface area contributed by atoms with E-state index in [9.17, 15) is 19.4 Å². The van der Waals surface area contributed by atoms with Gasteiger partial charge in [0.2, 0.25) is 5.91 Å². The van der Waals surface area contributed by atoms with Gasteiger partial charge in [0.05, 0.1) is 39.9 Å². The number of aliphatic hydroxyl groups is 1. The molecular formula is C60H113N2O6P. The number of nitrogens with zero attached hydrogens (tertiary/aromatic N) is 1. The maximum absolute atomic E-state index is 12.9. The minimum Gasteiger partial charge on any atom is -0.756 e. The van der Waals surface area contributed by atoms with Gasteiger partial charge < -0.3 is 28.8 Å². The van der Waals surface area contributed by atoms with Crippen LogP contribution in [-0.4, -0.2) is 68.5 Å². The lowest BCUT2D eigenvalue weighted by Gasteiger charge is -2.29. The molecule has 0 aliphatic carbocycles. The van der Waals surface area contributed by atoms with Crippen molar-refractivity contribution in [1.29, 1.82) is 0 Å². The van der Waals surface area contributed by atoms with Gasteiger partial charge in [-0.25, -0.2) is 0 Å². The van der Waals surface area contributed by atoms with E-state index in [1.54, 1.807) is 6.08 Å². The number of hydrogen-bond donors (Lipinski definition) is 2. The first-order valence-electron chi connectivity index (χ1n) is 29.2. The number of rotatable bonds is 53. The first-order chi connectivity index (χ1) is 33.5. The van der Waals surface area contributed by atoms with Gasteiger partial charge in [-0.15, -0.1) is 0 Å². The molecule has 8 nitrogen and oxygen atoms in total. The molecule has 0 aliphatic heterocycles. The molecule has 0 heterocycles. The number of likely N-dealkylation sites (N-methyl/N-ethyl adjacent to an activating group) is 1. The molecule has 0 aromatic carbocycles. The molecule has 2 N–H and O–H groups in total. The van der Waals surface area contributed by atoms with Crippen molar-refractivity contribution in [2.75, 3.05) is 40.9 Å². The Morgan fingerprint density at radius 2 is 0.884 bits per heavy atom. The van der Waals surface area contributed by atoms with Crippen molar-refractivity contribution in [3.63, 3.8) is 0 Å². The molecule has 0 fully saturated rings. The van der Waals surface area contributed by atoms with Gasteiger partial charge in [0.1, 0.15) is 13.2 Å². The van der Waals surface area contributed by atoms with Gasteiger partial charge in [0.15, 0.2) is 0 Å². The lowest BCUT2D eigenvalue weighted by Crippen LogP contribution is -2.45. The van der Waals surface area contributed by atoms with Crippen LogP contribution < -0.4 is 10.2 Å². The number of phosphoric acid groups is 1. The standard InChI is InChI=1S/C60H113N2O6P/c1-6-8-10-12-14-16-18-20-22-23-24-25-26-27-28-29-30-31-32-33-34-35-36-37-38-39-40-42-44-46-48-50-52-54-60(64)61-58(57-68-69(65,66)67-56-55-62(3,4)5)59(63)53-51-49-47-45-43-41-21-19-17-15-13-11-9-7-2/h8,10,14,16,20,22,24-25,51,53,58-59,63H,6-7,9,11-13,15,17-19,21,23,26-50,52,54-57H2,1-5H3,(H-,61,64,65,66)/b10-8-,16-14-,22-20-,25-24-,53-51+. The third-order valence-corrected chi connectivity index (χ3v) is 13.9. The number of phosphoric ester groups is 1. The minimum atomic E-state index is -4.59. The Kier molecular flexibility index (Phi) is 49.8. The molecule has 9 heteroatoms. The number of allylic oxidation sites excluding steroid dienone is 9. The summed E-state index contributed by atoms with van der Waals surface area (Å²) < 4.78 is 23.3.